The molecule has 0 spiro atoms. The highest BCUT2D eigenvalue weighted by molar-refractivity contribution is 14.1. The molecule has 0 bridgehead atoms. The van der Waals surface area contributed by atoms with Gasteiger partial charge in [-0.25, -0.2) is 18.6 Å². The molecule has 3 aromatic carbocycles. The van der Waals surface area contributed by atoms with Gasteiger partial charge in [0.15, 0.2) is 5.78 Å². The minimum Gasteiger partial charge on any atom is -0.465 e. The molecule has 7 heteroatoms. The Morgan fingerprint density at radius 1 is 0.969 bits per heavy atom. The molecule has 0 aliphatic heterocycles. The van der Waals surface area contributed by atoms with Crippen molar-refractivity contribution in [2.75, 3.05) is 7.11 Å². The van der Waals surface area contributed by atoms with Crippen LogP contribution in [-0.2, 0) is 9.53 Å². The molecule has 32 heavy (non-hydrogen) atoms. The number of hydrogen-bond acceptors (Lipinski definition) is 4. The topological polar surface area (TPSA) is 55.7 Å². The fraction of sp³-hybridized carbons (Fsp3) is 0.0800. The van der Waals surface area contributed by atoms with Crippen LogP contribution >= 0.6 is 22.6 Å². The number of nitrogens with zero attached hydrogens (tertiary/aromatic N) is 1. The number of ether oxygens (including phenoxy) is 1. The number of esters is 1. The van der Waals surface area contributed by atoms with Crippen molar-refractivity contribution in [2.45, 2.75) is 6.42 Å². The summed E-state index contributed by atoms with van der Waals surface area (Å²) in [6.45, 7) is 0. The van der Waals surface area contributed by atoms with Crippen LogP contribution in [-0.4, -0.2) is 24.6 Å². The summed E-state index contributed by atoms with van der Waals surface area (Å²) in [6, 6.07) is 18.7. The van der Waals surface area contributed by atoms with E-state index in [1.807, 2.05) is 28.7 Å². The molecule has 0 saturated carbocycles. The minimum absolute atomic E-state index is 0.0234. The Bertz CT molecular complexity index is 1210. The summed E-state index contributed by atoms with van der Waals surface area (Å²) in [7, 11) is 1.23. The zero-order chi connectivity index (χ0) is 23.1. The van der Waals surface area contributed by atoms with E-state index in [2.05, 4.69) is 4.99 Å². The van der Waals surface area contributed by atoms with Gasteiger partial charge in [0.05, 0.1) is 12.8 Å². The molecule has 3 aromatic rings. The highest BCUT2D eigenvalue weighted by atomic mass is 127. The number of carbonyl (C=O) groups excluding carboxylic acids is 2. The lowest BCUT2D eigenvalue weighted by molar-refractivity contribution is -0.132. The van der Waals surface area contributed by atoms with Crippen LogP contribution in [0.4, 0.5) is 14.5 Å². The van der Waals surface area contributed by atoms with Crippen molar-refractivity contribution in [1.82, 2.24) is 0 Å². The molecule has 162 valence electrons. The van der Waals surface area contributed by atoms with Crippen LogP contribution in [0.25, 0.3) is 3.58 Å². The van der Waals surface area contributed by atoms with Crippen LogP contribution in [0.1, 0.15) is 27.9 Å². The second-order valence-corrected chi connectivity index (χ2v) is 7.80. The van der Waals surface area contributed by atoms with Crippen LogP contribution in [0.15, 0.2) is 83.9 Å². The molecule has 0 heterocycles. The Labute approximate surface area is 197 Å². The van der Waals surface area contributed by atoms with E-state index >= 15 is 0 Å². The second kappa shape index (κ2) is 10.9. The maximum absolute atomic E-state index is 14.1. The number of benzene rings is 3. The summed E-state index contributed by atoms with van der Waals surface area (Å²) >= 11 is 1.91. The van der Waals surface area contributed by atoms with Crippen LogP contribution < -0.4 is 0 Å². The van der Waals surface area contributed by atoms with Crippen LogP contribution in [0.5, 0.6) is 0 Å². The lowest BCUT2D eigenvalue weighted by Crippen LogP contribution is -2.15. The van der Waals surface area contributed by atoms with Gasteiger partial charge >= 0.3 is 5.97 Å². The molecule has 0 aliphatic rings. The molecule has 0 fully saturated rings. The zero-order valence-corrected chi connectivity index (χ0v) is 19.2. The van der Waals surface area contributed by atoms with E-state index in [-0.39, 0.29) is 23.5 Å². The molecular weight excluding hydrogens is 527 g/mol. The smallest absolute Gasteiger partial charge is 0.352 e. The first kappa shape index (κ1) is 23.5. The fourth-order valence-corrected chi connectivity index (χ4v) is 3.58. The number of methoxy groups -OCH3 is 1. The SMILES string of the molecule is COC(=O)C(C/C=C(\I)c1ccc(F)cc1F)=Nc1ccccc1C(=O)c1ccccc1. The van der Waals surface area contributed by atoms with Gasteiger partial charge < -0.3 is 4.74 Å². The lowest BCUT2D eigenvalue weighted by atomic mass is 10.0. The number of hydrogen-bond donors (Lipinski definition) is 0. The summed E-state index contributed by atoms with van der Waals surface area (Å²) in [5.74, 6) is -2.28. The van der Waals surface area contributed by atoms with Gasteiger partial charge in [0, 0.05) is 32.8 Å². The Kier molecular flexibility index (Phi) is 7.99. The van der Waals surface area contributed by atoms with Gasteiger partial charge in [0.1, 0.15) is 17.3 Å². The highest BCUT2D eigenvalue weighted by Gasteiger charge is 2.17. The molecule has 0 atom stereocenters. The van der Waals surface area contributed by atoms with Crippen molar-refractivity contribution in [3.63, 3.8) is 0 Å². The van der Waals surface area contributed by atoms with Gasteiger partial charge in [-0.3, -0.25) is 4.79 Å². The third kappa shape index (κ3) is 5.73. The third-order valence-electron chi connectivity index (χ3n) is 4.52. The summed E-state index contributed by atoms with van der Waals surface area (Å²) in [4.78, 5) is 29.7. The zero-order valence-electron chi connectivity index (χ0n) is 17.0. The number of rotatable bonds is 7. The molecule has 0 aromatic heterocycles. The van der Waals surface area contributed by atoms with E-state index in [0.717, 1.165) is 12.1 Å². The van der Waals surface area contributed by atoms with Crippen molar-refractivity contribution in [1.29, 1.82) is 0 Å². The Morgan fingerprint density at radius 3 is 2.34 bits per heavy atom. The number of carbonyl (C=O) groups is 2. The quantitative estimate of drug-likeness (QED) is 0.151. The molecule has 0 amide bonds. The minimum atomic E-state index is -0.707. The number of halogens is 3. The predicted octanol–water partition coefficient (Wildman–Crippen LogP) is 6.31. The number of aliphatic imine (C=N–C) groups is 1. The maximum atomic E-state index is 14.1. The largest absolute Gasteiger partial charge is 0.465 e. The van der Waals surface area contributed by atoms with Crippen molar-refractivity contribution in [3.8, 4) is 0 Å². The highest BCUT2D eigenvalue weighted by Crippen LogP contribution is 2.27. The van der Waals surface area contributed by atoms with E-state index in [4.69, 9.17) is 4.74 Å². The Balaban J connectivity index is 1.96. The number of para-hydroxylation sites is 1. The number of allylic oxidation sites excluding steroid dienone is 1. The van der Waals surface area contributed by atoms with Gasteiger partial charge in [-0.05, 0) is 46.9 Å². The van der Waals surface area contributed by atoms with Gasteiger partial charge in [-0.15, -0.1) is 0 Å². The Hall–Kier alpha value is -3.20. The average molecular weight is 545 g/mol. The first-order chi connectivity index (χ1) is 15.4. The molecule has 4 nitrogen and oxygen atoms in total. The standard InChI is InChI=1S/C25H18F2INO3/c1-32-25(31)23(14-13-21(28)18-12-11-17(26)15-20(18)27)29-22-10-6-5-9-19(22)24(30)16-7-3-2-4-8-16/h2-13,15H,14H2,1H3/b21-13-,29-23?. The van der Waals surface area contributed by atoms with Gasteiger partial charge in [-0.1, -0.05) is 48.5 Å². The van der Waals surface area contributed by atoms with Crippen LogP contribution in [0.3, 0.4) is 0 Å². The first-order valence-electron chi connectivity index (χ1n) is 9.56. The average Bonchev–Trinajstić information content (AvgIpc) is 2.81. The molecule has 0 saturated heterocycles. The Morgan fingerprint density at radius 2 is 1.66 bits per heavy atom. The van der Waals surface area contributed by atoms with E-state index in [9.17, 15) is 18.4 Å². The van der Waals surface area contributed by atoms with E-state index in [1.54, 1.807) is 54.6 Å². The molecule has 0 radical (unpaired) electrons. The van der Waals surface area contributed by atoms with Crippen molar-refractivity contribution in [2.24, 2.45) is 4.99 Å². The van der Waals surface area contributed by atoms with Gasteiger partial charge in [0.25, 0.3) is 0 Å². The predicted molar refractivity (Wildman–Crippen MR) is 128 cm³/mol. The van der Waals surface area contributed by atoms with E-state index < -0.39 is 17.6 Å². The van der Waals surface area contributed by atoms with Crippen molar-refractivity contribution >= 4 is 49.3 Å². The van der Waals surface area contributed by atoms with Gasteiger partial charge in [-0.2, -0.15) is 0 Å². The van der Waals surface area contributed by atoms with E-state index in [1.165, 1.54) is 13.2 Å². The molecule has 0 N–H and O–H groups in total. The molecular formula is C25H18F2INO3. The lowest BCUT2D eigenvalue weighted by Gasteiger charge is -2.08. The summed E-state index contributed by atoms with van der Waals surface area (Å²) < 4.78 is 32.5. The molecule has 3 rings (SSSR count). The molecule has 0 unspecified atom stereocenters. The van der Waals surface area contributed by atoms with Gasteiger partial charge in [0.2, 0.25) is 0 Å². The summed E-state index contributed by atoms with van der Waals surface area (Å²) in [5, 5.41) is 0. The second-order valence-electron chi connectivity index (χ2n) is 6.64. The van der Waals surface area contributed by atoms with Crippen molar-refractivity contribution < 1.29 is 23.1 Å². The van der Waals surface area contributed by atoms with Crippen LogP contribution in [0, 0.1) is 11.6 Å². The summed E-state index contributed by atoms with van der Waals surface area (Å²) in [6.07, 6.45) is 1.61. The van der Waals surface area contributed by atoms with Crippen molar-refractivity contribution in [3.05, 3.63) is 107 Å². The van der Waals surface area contributed by atoms with E-state index in [0.29, 0.717) is 20.4 Å². The van der Waals surface area contributed by atoms with Crippen LogP contribution in [0.2, 0.25) is 0 Å². The molecule has 0 aliphatic carbocycles. The third-order valence-corrected chi connectivity index (χ3v) is 5.55. The normalized spacial score (nSPS) is 11.9. The first-order valence-corrected chi connectivity index (χ1v) is 10.6. The monoisotopic (exact) mass is 545 g/mol. The summed E-state index contributed by atoms with van der Waals surface area (Å²) in [5.41, 5.74) is 1.39. The number of ketones is 1. The maximum Gasteiger partial charge on any atom is 0.352 e. The fourth-order valence-electron chi connectivity index (χ4n) is 2.93.